The largest absolute Gasteiger partial charge is 0.497 e. The van der Waals surface area contributed by atoms with Crippen LogP contribution in [0.15, 0.2) is 24.3 Å². The molecule has 1 aromatic rings. The summed E-state index contributed by atoms with van der Waals surface area (Å²) in [5.41, 5.74) is 6.18. The Morgan fingerprint density at radius 2 is 2.33 bits per heavy atom. The first-order chi connectivity index (χ1) is 7.27. The molecule has 0 amide bonds. The lowest BCUT2D eigenvalue weighted by Gasteiger charge is -2.12. The van der Waals surface area contributed by atoms with Crippen LogP contribution in [0.3, 0.4) is 0 Å². The topological polar surface area (TPSA) is 67.5 Å². The first-order valence-corrected chi connectivity index (χ1v) is 5.00. The van der Waals surface area contributed by atoms with Crippen LogP contribution in [-0.2, 0) is 0 Å². The van der Waals surface area contributed by atoms with Gasteiger partial charge in [-0.25, -0.2) is 0 Å². The molecule has 0 fully saturated rings. The molecule has 15 heavy (non-hydrogen) atoms. The predicted octanol–water partition coefficient (Wildman–Crippen LogP) is 0.277. The minimum absolute atomic E-state index is 0.504. The molecular weight excluding hydrogens is 192 g/mol. The van der Waals surface area contributed by atoms with Crippen molar-refractivity contribution in [2.45, 2.75) is 6.10 Å². The van der Waals surface area contributed by atoms with Gasteiger partial charge in [0.2, 0.25) is 0 Å². The highest BCUT2D eigenvalue weighted by Crippen LogP contribution is 2.18. The normalized spacial score (nSPS) is 12.5. The van der Waals surface area contributed by atoms with Crippen molar-refractivity contribution >= 4 is 0 Å². The number of aliphatic hydroxyl groups is 1. The number of methoxy groups -OCH3 is 1. The van der Waals surface area contributed by atoms with Gasteiger partial charge in [-0.15, -0.1) is 0 Å². The molecule has 84 valence electrons. The number of ether oxygens (including phenoxy) is 1. The molecule has 0 saturated heterocycles. The summed E-state index contributed by atoms with van der Waals surface area (Å²) in [7, 11) is 1.61. The second-order valence-corrected chi connectivity index (χ2v) is 3.29. The van der Waals surface area contributed by atoms with Crippen molar-refractivity contribution in [1.29, 1.82) is 0 Å². The first kappa shape index (κ1) is 12.0. The monoisotopic (exact) mass is 210 g/mol. The van der Waals surface area contributed by atoms with E-state index in [-0.39, 0.29) is 0 Å². The van der Waals surface area contributed by atoms with E-state index in [1.54, 1.807) is 7.11 Å². The fourth-order valence-corrected chi connectivity index (χ4v) is 1.31. The third-order valence-electron chi connectivity index (χ3n) is 2.14. The van der Waals surface area contributed by atoms with Gasteiger partial charge in [-0.05, 0) is 17.7 Å². The summed E-state index contributed by atoms with van der Waals surface area (Å²) in [5, 5.41) is 12.9. The molecule has 0 aromatic heterocycles. The molecule has 0 aliphatic rings. The van der Waals surface area contributed by atoms with Crippen LogP contribution in [-0.4, -0.2) is 31.9 Å². The van der Waals surface area contributed by atoms with Crippen molar-refractivity contribution in [1.82, 2.24) is 5.32 Å². The molecule has 0 aliphatic heterocycles. The molecule has 0 aliphatic carbocycles. The van der Waals surface area contributed by atoms with Gasteiger partial charge in [0, 0.05) is 19.6 Å². The highest BCUT2D eigenvalue weighted by molar-refractivity contribution is 5.29. The van der Waals surface area contributed by atoms with E-state index in [1.807, 2.05) is 24.3 Å². The summed E-state index contributed by atoms with van der Waals surface area (Å²) in [6.07, 6.45) is -0.522. The van der Waals surface area contributed by atoms with E-state index in [9.17, 15) is 5.11 Å². The highest BCUT2D eigenvalue weighted by Gasteiger charge is 2.07. The molecule has 1 aromatic carbocycles. The molecule has 4 nitrogen and oxygen atoms in total. The number of hydrogen-bond acceptors (Lipinski definition) is 4. The molecule has 1 rings (SSSR count). The maximum absolute atomic E-state index is 9.81. The van der Waals surface area contributed by atoms with Crippen LogP contribution in [0.4, 0.5) is 0 Å². The molecule has 0 saturated carbocycles. The number of nitrogens with one attached hydrogen (secondary N) is 1. The minimum Gasteiger partial charge on any atom is -0.497 e. The summed E-state index contributed by atoms with van der Waals surface area (Å²) in [4.78, 5) is 0. The van der Waals surface area contributed by atoms with Crippen molar-refractivity contribution in [3.8, 4) is 5.75 Å². The number of aliphatic hydroxyl groups excluding tert-OH is 1. The van der Waals surface area contributed by atoms with Crippen LogP contribution >= 0.6 is 0 Å². The summed E-state index contributed by atoms with van der Waals surface area (Å²) < 4.78 is 5.08. The van der Waals surface area contributed by atoms with Crippen LogP contribution < -0.4 is 15.8 Å². The summed E-state index contributed by atoms with van der Waals surface area (Å²) in [6.45, 7) is 1.79. The van der Waals surface area contributed by atoms with Gasteiger partial charge >= 0.3 is 0 Å². The van der Waals surface area contributed by atoms with E-state index in [4.69, 9.17) is 10.5 Å². The van der Waals surface area contributed by atoms with E-state index in [2.05, 4.69) is 5.32 Å². The average Bonchev–Trinajstić information content (AvgIpc) is 2.29. The summed E-state index contributed by atoms with van der Waals surface area (Å²) >= 11 is 0. The number of hydrogen-bond donors (Lipinski definition) is 3. The van der Waals surface area contributed by atoms with E-state index in [0.29, 0.717) is 19.6 Å². The zero-order chi connectivity index (χ0) is 11.1. The molecule has 1 atom stereocenters. The fourth-order valence-electron chi connectivity index (χ4n) is 1.31. The van der Waals surface area contributed by atoms with E-state index in [1.165, 1.54) is 0 Å². The SMILES string of the molecule is COc1cccc(C(O)CNCCN)c1. The Hall–Kier alpha value is -1.10. The molecule has 4 heteroatoms. The van der Waals surface area contributed by atoms with E-state index in [0.717, 1.165) is 11.3 Å². The smallest absolute Gasteiger partial charge is 0.119 e. The lowest BCUT2D eigenvalue weighted by molar-refractivity contribution is 0.175. The Kier molecular flexibility index (Phi) is 5.10. The molecule has 0 radical (unpaired) electrons. The first-order valence-electron chi connectivity index (χ1n) is 5.00. The third kappa shape index (κ3) is 3.87. The Labute approximate surface area is 90.1 Å². The Morgan fingerprint density at radius 1 is 1.53 bits per heavy atom. The van der Waals surface area contributed by atoms with Crippen molar-refractivity contribution in [3.05, 3.63) is 29.8 Å². The number of nitrogens with two attached hydrogens (primary N) is 1. The maximum atomic E-state index is 9.81. The van der Waals surface area contributed by atoms with Crippen molar-refractivity contribution in [2.24, 2.45) is 5.73 Å². The standard InChI is InChI=1S/C11H18N2O2/c1-15-10-4-2-3-9(7-10)11(14)8-13-6-5-12/h2-4,7,11,13-14H,5-6,8,12H2,1H3. The van der Waals surface area contributed by atoms with Crippen LogP contribution in [0, 0.1) is 0 Å². The summed E-state index contributed by atoms with van der Waals surface area (Å²) in [5.74, 6) is 0.755. The van der Waals surface area contributed by atoms with Crippen molar-refractivity contribution in [2.75, 3.05) is 26.7 Å². The number of rotatable bonds is 6. The Bertz CT molecular complexity index is 292. The van der Waals surface area contributed by atoms with Gasteiger partial charge in [0.15, 0.2) is 0 Å². The second kappa shape index (κ2) is 6.40. The van der Waals surface area contributed by atoms with Gasteiger partial charge in [-0.1, -0.05) is 12.1 Å². The van der Waals surface area contributed by atoms with Crippen LogP contribution in [0.1, 0.15) is 11.7 Å². The lowest BCUT2D eigenvalue weighted by Crippen LogP contribution is -2.27. The van der Waals surface area contributed by atoms with Crippen molar-refractivity contribution in [3.63, 3.8) is 0 Å². The van der Waals surface area contributed by atoms with Gasteiger partial charge in [0.25, 0.3) is 0 Å². The minimum atomic E-state index is -0.522. The Morgan fingerprint density at radius 3 is 3.00 bits per heavy atom. The molecule has 0 bridgehead atoms. The van der Waals surface area contributed by atoms with Crippen LogP contribution in [0.5, 0.6) is 5.75 Å². The van der Waals surface area contributed by atoms with Gasteiger partial charge in [0.05, 0.1) is 13.2 Å². The quantitative estimate of drug-likeness (QED) is 0.590. The lowest BCUT2D eigenvalue weighted by atomic mass is 10.1. The zero-order valence-electron chi connectivity index (χ0n) is 8.94. The fraction of sp³-hybridized carbons (Fsp3) is 0.455. The molecule has 1 unspecified atom stereocenters. The Balaban J connectivity index is 2.52. The van der Waals surface area contributed by atoms with Crippen LogP contribution in [0.25, 0.3) is 0 Å². The zero-order valence-corrected chi connectivity index (χ0v) is 8.94. The van der Waals surface area contributed by atoms with Gasteiger partial charge in [0.1, 0.15) is 5.75 Å². The molecule has 0 spiro atoms. The van der Waals surface area contributed by atoms with Crippen LogP contribution in [0.2, 0.25) is 0 Å². The molecule has 0 heterocycles. The van der Waals surface area contributed by atoms with Gasteiger partial charge in [-0.2, -0.15) is 0 Å². The average molecular weight is 210 g/mol. The predicted molar refractivity (Wildman–Crippen MR) is 59.9 cm³/mol. The van der Waals surface area contributed by atoms with E-state index >= 15 is 0 Å². The molecule has 4 N–H and O–H groups in total. The molecular formula is C11H18N2O2. The maximum Gasteiger partial charge on any atom is 0.119 e. The highest BCUT2D eigenvalue weighted by atomic mass is 16.5. The second-order valence-electron chi connectivity index (χ2n) is 3.29. The number of benzene rings is 1. The van der Waals surface area contributed by atoms with Crippen molar-refractivity contribution < 1.29 is 9.84 Å². The van der Waals surface area contributed by atoms with E-state index < -0.39 is 6.10 Å². The van der Waals surface area contributed by atoms with Gasteiger partial charge in [-0.3, -0.25) is 0 Å². The van der Waals surface area contributed by atoms with Gasteiger partial charge < -0.3 is 20.9 Å². The third-order valence-corrected chi connectivity index (χ3v) is 2.14. The summed E-state index contributed by atoms with van der Waals surface area (Å²) in [6, 6.07) is 7.41.